The van der Waals surface area contributed by atoms with Crippen LogP contribution in [0.5, 0.6) is 0 Å². The van der Waals surface area contributed by atoms with E-state index >= 15 is 0 Å². The van der Waals surface area contributed by atoms with Gasteiger partial charge in [-0.2, -0.15) is 0 Å². The summed E-state index contributed by atoms with van der Waals surface area (Å²) < 4.78 is 5.09. The van der Waals surface area contributed by atoms with E-state index in [2.05, 4.69) is 30.3 Å². The minimum atomic E-state index is 0.686. The van der Waals surface area contributed by atoms with E-state index in [4.69, 9.17) is 4.42 Å². The number of piperidine rings is 1. The minimum Gasteiger partial charge on any atom is -0.472 e. The lowest BCUT2D eigenvalue weighted by molar-refractivity contribution is 0.145. The van der Waals surface area contributed by atoms with Crippen molar-refractivity contribution in [2.45, 2.75) is 25.9 Å². The smallest absolute Gasteiger partial charge is 0.0947 e. The van der Waals surface area contributed by atoms with Crippen molar-refractivity contribution in [1.82, 2.24) is 10.2 Å². The van der Waals surface area contributed by atoms with Crippen molar-refractivity contribution in [2.24, 2.45) is 5.92 Å². The standard InChI is InChI=1S/C12H20N2O/c1-10-7-14(5-3-12(10)13-2)8-11-4-6-15-9-11/h4,6,9-10,12-13H,3,5,7-8H2,1-2H3. The Morgan fingerprint density at radius 1 is 1.60 bits per heavy atom. The Morgan fingerprint density at radius 3 is 3.07 bits per heavy atom. The average Bonchev–Trinajstić information content (AvgIpc) is 2.71. The molecule has 1 N–H and O–H groups in total. The fourth-order valence-electron chi connectivity index (χ4n) is 2.45. The summed E-state index contributed by atoms with van der Waals surface area (Å²) in [7, 11) is 2.06. The fourth-order valence-corrected chi connectivity index (χ4v) is 2.45. The van der Waals surface area contributed by atoms with E-state index in [1.165, 1.54) is 25.1 Å². The van der Waals surface area contributed by atoms with Crippen LogP contribution >= 0.6 is 0 Å². The molecule has 0 saturated carbocycles. The Kier molecular flexibility index (Phi) is 3.44. The summed E-state index contributed by atoms with van der Waals surface area (Å²) in [5.41, 5.74) is 1.28. The van der Waals surface area contributed by atoms with Gasteiger partial charge in [0.25, 0.3) is 0 Å². The first-order valence-electron chi connectivity index (χ1n) is 5.70. The van der Waals surface area contributed by atoms with Crippen molar-refractivity contribution < 1.29 is 4.42 Å². The van der Waals surface area contributed by atoms with Crippen LogP contribution in [0.2, 0.25) is 0 Å². The van der Waals surface area contributed by atoms with Crippen molar-refractivity contribution in [3.05, 3.63) is 24.2 Å². The summed E-state index contributed by atoms with van der Waals surface area (Å²) in [6.07, 6.45) is 4.84. The van der Waals surface area contributed by atoms with Crippen LogP contribution in [0.15, 0.2) is 23.0 Å². The first-order valence-corrected chi connectivity index (χ1v) is 5.70. The highest BCUT2D eigenvalue weighted by Crippen LogP contribution is 2.18. The van der Waals surface area contributed by atoms with Gasteiger partial charge in [-0.25, -0.2) is 0 Å². The molecule has 2 heterocycles. The lowest BCUT2D eigenvalue weighted by Crippen LogP contribution is -2.46. The second-order valence-electron chi connectivity index (χ2n) is 4.53. The summed E-state index contributed by atoms with van der Waals surface area (Å²) in [5.74, 6) is 0.732. The van der Waals surface area contributed by atoms with E-state index in [0.717, 1.165) is 12.5 Å². The minimum absolute atomic E-state index is 0.686. The van der Waals surface area contributed by atoms with Crippen LogP contribution in [0.3, 0.4) is 0 Å². The van der Waals surface area contributed by atoms with E-state index in [-0.39, 0.29) is 0 Å². The number of hydrogen-bond acceptors (Lipinski definition) is 3. The number of furan rings is 1. The number of nitrogens with one attached hydrogen (secondary N) is 1. The largest absolute Gasteiger partial charge is 0.472 e. The summed E-state index contributed by atoms with van der Waals surface area (Å²) in [5, 5.41) is 3.39. The third-order valence-corrected chi connectivity index (χ3v) is 3.35. The van der Waals surface area contributed by atoms with Crippen molar-refractivity contribution >= 4 is 0 Å². The molecule has 0 bridgehead atoms. The molecule has 2 atom stereocenters. The Labute approximate surface area is 91.4 Å². The van der Waals surface area contributed by atoms with Crippen molar-refractivity contribution in [1.29, 1.82) is 0 Å². The summed E-state index contributed by atoms with van der Waals surface area (Å²) in [6.45, 7) is 5.71. The van der Waals surface area contributed by atoms with Gasteiger partial charge >= 0.3 is 0 Å². The maximum Gasteiger partial charge on any atom is 0.0947 e. The SMILES string of the molecule is CNC1CCN(Cc2ccoc2)CC1C. The van der Waals surface area contributed by atoms with E-state index in [0.29, 0.717) is 6.04 Å². The van der Waals surface area contributed by atoms with Crippen molar-refractivity contribution in [2.75, 3.05) is 20.1 Å². The number of hydrogen-bond donors (Lipinski definition) is 1. The first-order chi connectivity index (χ1) is 7.29. The van der Waals surface area contributed by atoms with E-state index in [1.807, 2.05) is 6.26 Å². The van der Waals surface area contributed by atoms with Crippen LogP contribution in [0.25, 0.3) is 0 Å². The molecule has 0 amide bonds. The van der Waals surface area contributed by atoms with Gasteiger partial charge in [-0.3, -0.25) is 4.90 Å². The van der Waals surface area contributed by atoms with Crippen LogP contribution < -0.4 is 5.32 Å². The zero-order chi connectivity index (χ0) is 10.7. The number of rotatable bonds is 3. The molecule has 0 aromatic carbocycles. The first kappa shape index (κ1) is 10.7. The molecule has 3 nitrogen and oxygen atoms in total. The maximum atomic E-state index is 5.09. The van der Waals surface area contributed by atoms with Crippen LogP contribution in [0, 0.1) is 5.92 Å². The molecule has 15 heavy (non-hydrogen) atoms. The monoisotopic (exact) mass is 208 g/mol. The van der Waals surface area contributed by atoms with Crippen LogP contribution in [0.4, 0.5) is 0 Å². The van der Waals surface area contributed by atoms with Gasteiger partial charge in [0.2, 0.25) is 0 Å². The predicted octanol–water partition coefficient (Wildman–Crippen LogP) is 1.71. The molecule has 1 aromatic heterocycles. The molecule has 2 unspecified atom stereocenters. The molecule has 84 valence electrons. The molecule has 0 spiro atoms. The van der Waals surface area contributed by atoms with Gasteiger partial charge in [-0.1, -0.05) is 6.92 Å². The lowest BCUT2D eigenvalue weighted by Gasteiger charge is -2.36. The molecule has 3 heteroatoms. The summed E-state index contributed by atoms with van der Waals surface area (Å²) in [6, 6.07) is 2.74. The van der Waals surface area contributed by atoms with E-state index < -0.39 is 0 Å². The van der Waals surface area contributed by atoms with Gasteiger partial charge in [0.15, 0.2) is 0 Å². The third-order valence-electron chi connectivity index (χ3n) is 3.35. The predicted molar refractivity (Wildman–Crippen MR) is 60.6 cm³/mol. The molecule has 1 saturated heterocycles. The van der Waals surface area contributed by atoms with Crippen molar-refractivity contribution in [3.63, 3.8) is 0 Å². The Hall–Kier alpha value is -0.800. The van der Waals surface area contributed by atoms with Gasteiger partial charge < -0.3 is 9.73 Å². The van der Waals surface area contributed by atoms with Gasteiger partial charge in [-0.05, 0) is 32.0 Å². The highest BCUT2D eigenvalue weighted by Gasteiger charge is 2.24. The molecule has 1 aliphatic heterocycles. The average molecular weight is 208 g/mol. The number of nitrogens with zero attached hydrogens (tertiary/aromatic N) is 1. The molecule has 2 rings (SSSR count). The zero-order valence-corrected chi connectivity index (χ0v) is 9.57. The van der Waals surface area contributed by atoms with Gasteiger partial charge in [0, 0.05) is 24.7 Å². The highest BCUT2D eigenvalue weighted by molar-refractivity contribution is 5.05. The topological polar surface area (TPSA) is 28.4 Å². The summed E-state index contributed by atoms with van der Waals surface area (Å²) >= 11 is 0. The van der Waals surface area contributed by atoms with Gasteiger partial charge in [0.1, 0.15) is 0 Å². The second-order valence-corrected chi connectivity index (χ2v) is 4.53. The molecular formula is C12H20N2O. The Bertz CT molecular complexity index is 284. The molecular weight excluding hydrogens is 188 g/mol. The zero-order valence-electron chi connectivity index (χ0n) is 9.57. The van der Waals surface area contributed by atoms with Crippen LogP contribution in [-0.4, -0.2) is 31.1 Å². The van der Waals surface area contributed by atoms with Crippen molar-refractivity contribution in [3.8, 4) is 0 Å². The highest BCUT2D eigenvalue weighted by atomic mass is 16.3. The third kappa shape index (κ3) is 2.61. The van der Waals surface area contributed by atoms with Gasteiger partial charge in [-0.15, -0.1) is 0 Å². The summed E-state index contributed by atoms with van der Waals surface area (Å²) in [4.78, 5) is 2.50. The van der Waals surface area contributed by atoms with Gasteiger partial charge in [0.05, 0.1) is 12.5 Å². The Morgan fingerprint density at radius 2 is 2.47 bits per heavy atom. The quantitative estimate of drug-likeness (QED) is 0.819. The Balaban J connectivity index is 1.86. The molecule has 1 aromatic rings. The molecule has 0 radical (unpaired) electrons. The molecule has 1 fully saturated rings. The van der Waals surface area contributed by atoms with E-state index in [9.17, 15) is 0 Å². The lowest BCUT2D eigenvalue weighted by atomic mass is 9.94. The normalized spacial score (nSPS) is 28.1. The van der Waals surface area contributed by atoms with Crippen LogP contribution in [-0.2, 0) is 6.54 Å². The molecule has 1 aliphatic rings. The number of likely N-dealkylation sites (tertiary alicyclic amines) is 1. The second kappa shape index (κ2) is 4.81. The molecule has 0 aliphatic carbocycles. The fraction of sp³-hybridized carbons (Fsp3) is 0.667. The maximum absolute atomic E-state index is 5.09. The van der Waals surface area contributed by atoms with Crippen LogP contribution in [0.1, 0.15) is 18.9 Å². The van der Waals surface area contributed by atoms with E-state index in [1.54, 1.807) is 6.26 Å².